The first-order valence-electron chi connectivity index (χ1n) is 3.20. The van der Waals surface area contributed by atoms with Crippen molar-refractivity contribution in [2.45, 2.75) is 25.1 Å². The lowest BCUT2D eigenvalue weighted by molar-refractivity contribution is -0.143. The van der Waals surface area contributed by atoms with Crippen LogP contribution in [0.15, 0.2) is 0 Å². The second-order valence-electron chi connectivity index (χ2n) is 2.72. The summed E-state index contributed by atoms with van der Waals surface area (Å²) in [5.74, 6) is 0.0162. The van der Waals surface area contributed by atoms with E-state index in [4.69, 9.17) is 0 Å². The fourth-order valence-electron chi connectivity index (χ4n) is 0.435. The van der Waals surface area contributed by atoms with Crippen LogP contribution < -0.4 is 0 Å². The smallest absolute Gasteiger partial charge is 0.322 e. The van der Waals surface area contributed by atoms with Gasteiger partial charge in [0.25, 0.3) is 0 Å². The first-order chi connectivity index (χ1) is 4.42. The fraction of sp³-hybridized carbons (Fsp3) is 0.857. The first-order valence-corrected chi connectivity index (χ1v) is 3.99. The van der Waals surface area contributed by atoms with E-state index < -0.39 is 4.32 Å². The van der Waals surface area contributed by atoms with Gasteiger partial charge in [-0.15, -0.1) is 0 Å². The molecule has 0 spiro atoms. The van der Waals surface area contributed by atoms with Crippen LogP contribution in [0.3, 0.4) is 0 Å². The molecule has 10 heavy (non-hydrogen) atoms. The molecule has 0 unspecified atom stereocenters. The Kier molecular flexibility index (Phi) is 3.36. The van der Waals surface area contributed by atoms with Crippen molar-refractivity contribution >= 4 is 21.9 Å². The Hall–Kier alpha value is -0.0500. The standard InChI is InChI=1S/C7H13BrO2/c1-5(2)7(3,8)6(9)10-4/h5H,1-4H3/t7-/m1/s1. The van der Waals surface area contributed by atoms with Gasteiger partial charge in [-0.05, 0) is 12.8 Å². The topological polar surface area (TPSA) is 26.3 Å². The van der Waals surface area contributed by atoms with E-state index in [1.165, 1.54) is 7.11 Å². The van der Waals surface area contributed by atoms with E-state index in [-0.39, 0.29) is 11.9 Å². The lowest BCUT2D eigenvalue weighted by Gasteiger charge is -2.23. The Morgan fingerprint density at radius 2 is 2.00 bits per heavy atom. The Morgan fingerprint density at radius 3 is 2.10 bits per heavy atom. The number of ether oxygens (including phenoxy) is 1. The molecule has 0 heterocycles. The van der Waals surface area contributed by atoms with E-state index in [1.807, 2.05) is 20.8 Å². The summed E-state index contributed by atoms with van der Waals surface area (Å²) in [6, 6.07) is 0. The molecule has 0 aromatic heterocycles. The van der Waals surface area contributed by atoms with Crippen LogP contribution in [-0.2, 0) is 9.53 Å². The summed E-state index contributed by atoms with van der Waals surface area (Å²) >= 11 is 3.30. The highest BCUT2D eigenvalue weighted by molar-refractivity contribution is 9.10. The summed E-state index contributed by atoms with van der Waals surface area (Å²) < 4.78 is 4.05. The molecule has 0 aromatic rings. The molecule has 0 aliphatic carbocycles. The third-order valence-corrected chi connectivity index (χ3v) is 2.91. The van der Waals surface area contributed by atoms with Gasteiger partial charge in [0, 0.05) is 0 Å². The van der Waals surface area contributed by atoms with E-state index in [2.05, 4.69) is 20.7 Å². The predicted molar refractivity (Wildman–Crippen MR) is 44.2 cm³/mol. The molecular formula is C7H13BrO2. The highest BCUT2D eigenvalue weighted by Crippen LogP contribution is 2.27. The van der Waals surface area contributed by atoms with Crippen LogP contribution in [0.2, 0.25) is 0 Å². The normalized spacial score (nSPS) is 16.6. The van der Waals surface area contributed by atoms with Gasteiger partial charge in [0.2, 0.25) is 0 Å². The van der Waals surface area contributed by atoms with Crippen LogP contribution in [0.1, 0.15) is 20.8 Å². The van der Waals surface area contributed by atoms with E-state index in [1.54, 1.807) is 0 Å². The zero-order valence-corrected chi connectivity index (χ0v) is 8.36. The summed E-state index contributed by atoms with van der Waals surface area (Å²) in [5, 5.41) is 0. The number of hydrogen-bond acceptors (Lipinski definition) is 2. The lowest BCUT2D eigenvalue weighted by Crippen LogP contribution is -2.34. The molecule has 0 amide bonds. The molecule has 60 valence electrons. The van der Waals surface area contributed by atoms with Crippen molar-refractivity contribution in [1.29, 1.82) is 0 Å². The monoisotopic (exact) mass is 208 g/mol. The number of carbonyl (C=O) groups is 1. The molecule has 0 saturated carbocycles. The second-order valence-corrected chi connectivity index (χ2v) is 4.37. The number of halogens is 1. The van der Waals surface area contributed by atoms with E-state index in [0.717, 1.165) is 0 Å². The second kappa shape index (κ2) is 3.37. The number of rotatable bonds is 2. The minimum absolute atomic E-state index is 0.220. The fourth-order valence-corrected chi connectivity index (χ4v) is 0.597. The van der Waals surface area contributed by atoms with Gasteiger partial charge >= 0.3 is 5.97 Å². The number of alkyl halides is 1. The average molecular weight is 209 g/mol. The van der Waals surface area contributed by atoms with E-state index in [0.29, 0.717) is 0 Å². The van der Waals surface area contributed by atoms with Crippen molar-refractivity contribution in [2.75, 3.05) is 7.11 Å². The molecule has 3 heteroatoms. The van der Waals surface area contributed by atoms with Gasteiger partial charge in [-0.25, -0.2) is 0 Å². The largest absolute Gasteiger partial charge is 0.468 e. The van der Waals surface area contributed by atoms with Crippen LogP contribution >= 0.6 is 15.9 Å². The van der Waals surface area contributed by atoms with Crippen molar-refractivity contribution < 1.29 is 9.53 Å². The summed E-state index contributed by atoms with van der Waals surface area (Å²) in [7, 11) is 1.39. The molecule has 2 nitrogen and oxygen atoms in total. The third-order valence-electron chi connectivity index (χ3n) is 1.67. The van der Waals surface area contributed by atoms with Gasteiger partial charge in [-0.3, -0.25) is 4.79 Å². The summed E-state index contributed by atoms with van der Waals surface area (Å²) in [6.07, 6.45) is 0. The quantitative estimate of drug-likeness (QED) is 0.513. The third kappa shape index (κ3) is 1.97. The van der Waals surface area contributed by atoms with Crippen molar-refractivity contribution in [3.63, 3.8) is 0 Å². The Balaban J connectivity index is 4.24. The molecular weight excluding hydrogens is 196 g/mol. The first kappa shape index (κ1) is 9.95. The molecule has 0 fully saturated rings. The molecule has 0 bridgehead atoms. The minimum Gasteiger partial charge on any atom is -0.468 e. The molecule has 1 atom stereocenters. The zero-order chi connectivity index (χ0) is 8.36. The summed E-state index contributed by atoms with van der Waals surface area (Å²) in [6.45, 7) is 5.74. The molecule has 0 aliphatic rings. The summed E-state index contributed by atoms with van der Waals surface area (Å²) in [5.41, 5.74) is 0. The minimum atomic E-state index is -0.540. The molecule has 0 radical (unpaired) electrons. The molecule has 0 aliphatic heterocycles. The highest BCUT2D eigenvalue weighted by atomic mass is 79.9. The Bertz CT molecular complexity index is 130. The Morgan fingerprint density at radius 1 is 1.60 bits per heavy atom. The van der Waals surface area contributed by atoms with Gasteiger partial charge in [-0.2, -0.15) is 0 Å². The maximum atomic E-state index is 11.0. The van der Waals surface area contributed by atoms with Crippen molar-refractivity contribution in [3.8, 4) is 0 Å². The summed E-state index contributed by atoms with van der Waals surface area (Å²) in [4.78, 5) is 11.0. The van der Waals surface area contributed by atoms with E-state index in [9.17, 15) is 4.79 Å². The number of hydrogen-bond donors (Lipinski definition) is 0. The van der Waals surface area contributed by atoms with Crippen LogP contribution in [-0.4, -0.2) is 17.4 Å². The van der Waals surface area contributed by atoms with Gasteiger partial charge in [0.1, 0.15) is 4.32 Å². The Labute approximate surface area is 70.1 Å². The zero-order valence-electron chi connectivity index (χ0n) is 6.77. The predicted octanol–water partition coefficient (Wildman–Crippen LogP) is 1.97. The maximum absolute atomic E-state index is 11.0. The molecule has 0 rings (SSSR count). The number of methoxy groups -OCH3 is 1. The lowest BCUT2D eigenvalue weighted by atomic mass is 9.98. The van der Waals surface area contributed by atoms with E-state index >= 15 is 0 Å². The van der Waals surface area contributed by atoms with Crippen molar-refractivity contribution in [3.05, 3.63) is 0 Å². The van der Waals surface area contributed by atoms with Crippen molar-refractivity contribution in [2.24, 2.45) is 5.92 Å². The number of carbonyl (C=O) groups excluding carboxylic acids is 1. The number of esters is 1. The van der Waals surface area contributed by atoms with Crippen LogP contribution in [0, 0.1) is 5.92 Å². The molecule has 0 saturated heterocycles. The van der Waals surface area contributed by atoms with Gasteiger partial charge in [-0.1, -0.05) is 29.8 Å². The van der Waals surface area contributed by atoms with Crippen LogP contribution in [0.5, 0.6) is 0 Å². The van der Waals surface area contributed by atoms with Gasteiger partial charge < -0.3 is 4.74 Å². The molecule has 0 N–H and O–H groups in total. The van der Waals surface area contributed by atoms with Crippen LogP contribution in [0.25, 0.3) is 0 Å². The molecule has 0 aromatic carbocycles. The average Bonchev–Trinajstić information content (AvgIpc) is 1.86. The SMILES string of the molecule is COC(=O)[C@](C)(Br)C(C)C. The highest BCUT2D eigenvalue weighted by Gasteiger charge is 2.34. The van der Waals surface area contributed by atoms with Gasteiger partial charge in [0.15, 0.2) is 0 Å². The maximum Gasteiger partial charge on any atom is 0.322 e. The van der Waals surface area contributed by atoms with Gasteiger partial charge in [0.05, 0.1) is 7.11 Å². The van der Waals surface area contributed by atoms with Crippen molar-refractivity contribution in [1.82, 2.24) is 0 Å². The van der Waals surface area contributed by atoms with Crippen LogP contribution in [0.4, 0.5) is 0 Å².